The van der Waals surface area contributed by atoms with Gasteiger partial charge in [0.05, 0.1) is 10.6 Å². The van der Waals surface area contributed by atoms with Crippen LogP contribution in [0.5, 0.6) is 0 Å². The molecule has 1 unspecified atom stereocenters. The minimum Gasteiger partial charge on any atom is -0.370 e. The van der Waals surface area contributed by atoms with E-state index >= 15 is 0 Å². The fourth-order valence-electron chi connectivity index (χ4n) is 1.30. The summed E-state index contributed by atoms with van der Waals surface area (Å²) in [6.45, 7) is -0.159. The molecule has 3 N–H and O–H groups in total. The summed E-state index contributed by atoms with van der Waals surface area (Å²) in [5, 5.41) is 12.5. The number of nitrogens with zero attached hydrogens (tertiary/aromatic N) is 1. The lowest BCUT2D eigenvalue weighted by Crippen LogP contribution is -2.36. The summed E-state index contributed by atoms with van der Waals surface area (Å²) >= 11 is 0. The molecule has 0 heterocycles. The van der Waals surface area contributed by atoms with Crippen LogP contribution in [0.15, 0.2) is 12.1 Å². The maximum Gasteiger partial charge on any atom is 0.307 e. The van der Waals surface area contributed by atoms with Gasteiger partial charge in [-0.3, -0.25) is 14.9 Å². The van der Waals surface area contributed by atoms with Gasteiger partial charge >= 0.3 is 5.69 Å². The van der Waals surface area contributed by atoms with Gasteiger partial charge in [0.2, 0.25) is 5.82 Å². The van der Waals surface area contributed by atoms with Crippen molar-refractivity contribution in [3.05, 3.63) is 33.9 Å². The van der Waals surface area contributed by atoms with Crippen LogP contribution in [-0.4, -0.2) is 30.6 Å². The highest BCUT2D eigenvalue weighted by Crippen LogP contribution is 2.25. The lowest BCUT2D eigenvalue weighted by atomic mass is 10.2. The summed E-state index contributed by atoms with van der Waals surface area (Å²) < 4.78 is 31.2. The van der Waals surface area contributed by atoms with Crippen molar-refractivity contribution in [1.29, 1.82) is 0 Å². The summed E-state index contributed by atoms with van der Waals surface area (Å²) in [6, 6.07) is 0.907. The van der Waals surface area contributed by atoms with Crippen LogP contribution < -0.4 is 11.1 Å². The minimum atomic E-state index is -1.33. The largest absolute Gasteiger partial charge is 0.370 e. The molecule has 7 nitrogen and oxygen atoms in total. The molecule has 1 atom stereocenters. The quantitative estimate of drug-likeness (QED) is 0.610. The van der Waals surface area contributed by atoms with Gasteiger partial charge < -0.3 is 15.8 Å². The Labute approximate surface area is 106 Å². The second kappa shape index (κ2) is 6.16. The van der Waals surface area contributed by atoms with Gasteiger partial charge in [-0.25, -0.2) is 4.39 Å². The molecule has 1 aromatic carbocycles. The van der Waals surface area contributed by atoms with Crippen LogP contribution in [0.2, 0.25) is 0 Å². The van der Waals surface area contributed by atoms with Gasteiger partial charge in [-0.15, -0.1) is 0 Å². The summed E-state index contributed by atoms with van der Waals surface area (Å²) in [5.74, 6) is -3.25. The molecule has 0 bridgehead atoms. The number of hydrogen-bond donors (Lipinski definition) is 2. The van der Waals surface area contributed by atoms with Crippen molar-refractivity contribution < 1.29 is 23.2 Å². The van der Waals surface area contributed by atoms with Crippen LogP contribution in [0.1, 0.15) is 0 Å². The number of nitro groups is 1. The van der Waals surface area contributed by atoms with E-state index in [1.807, 2.05) is 5.32 Å². The molecule has 9 heteroatoms. The smallest absolute Gasteiger partial charge is 0.307 e. The molecule has 0 aliphatic rings. The maximum absolute atomic E-state index is 13.4. The second-order valence-electron chi connectivity index (χ2n) is 3.49. The molecule has 0 saturated heterocycles. The third-order valence-electron chi connectivity index (χ3n) is 2.28. The van der Waals surface area contributed by atoms with E-state index in [-0.39, 0.29) is 6.54 Å². The van der Waals surface area contributed by atoms with Crippen LogP contribution in [-0.2, 0) is 9.53 Å². The molecular formula is C10H11F2N3O4. The van der Waals surface area contributed by atoms with E-state index in [4.69, 9.17) is 10.5 Å². The second-order valence-corrected chi connectivity index (χ2v) is 3.49. The summed E-state index contributed by atoms with van der Waals surface area (Å²) in [7, 11) is 1.22. The Kier molecular flexibility index (Phi) is 4.84. The van der Waals surface area contributed by atoms with Gasteiger partial charge in [-0.2, -0.15) is 4.39 Å². The fourth-order valence-corrected chi connectivity index (χ4v) is 1.30. The van der Waals surface area contributed by atoms with Crippen molar-refractivity contribution >= 4 is 17.3 Å². The average molecular weight is 275 g/mol. The predicted molar refractivity (Wildman–Crippen MR) is 61.5 cm³/mol. The number of ether oxygens (including phenoxy) is 1. The Morgan fingerprint density at radius 2 is 2.16 bits per heavy atom. The van der Waals surface area contributed by atoms with E-state index in [1.165, 1.54) is 7.11 Å². The van der Waals surface area contributed by atoms with Gasteiger partial charge in [0.25, 0.3) is 5.91 Å². The van der Waals surface area contributed by atoms with E-state index in [1.54, 1.807) is 0 Å². The van der Waals surface area contributed by atoms with Gasteiger partial charge in [0, 0.05) is 25.8 Å². The Morgan fingerprint density at radius 3 is 2.63 bits per heavy atom. The third kappa shape index (κ3) is 3.42. The van der Waals surface area contributed by atoms with E-state index in [0.29, 0.717) is 12.1 Å². The van der Waals surface area contributed by atoms with E-state index in [0.717, 1.165) is 0 Å². The third-order valence-corrected chi connectivity index (χ3v) is 2.28. The van der Waals surface area contributed by atoms with Crippen molar-refractivity contribution in [2.75, 3.05) is 19.0 Å². The summed E-state index contributed by atoms with van der Waals surface area (Å²) in [6.07, 6.45) is -1.04. The number of amides is 1. The molecule has 1 rings (SSSR count). The molecule has 19 heavy (non-hydrogen) atoms. The van der Waals surface area contributed by atoms with Crippen molar-refractivity contribution in [1.82, 2.24) is 0 Å². The van der Waals surface area contributed by atoms with Crippen molar-refractivity contribution in [2.45, 2.75) is 6.10 Å². The number of halogens is 2. The number of nitro benzene ring substituents is 1. The topological polar surface area (TPSA) is 107 Å². The Balaban J connectivity index is 3.04. The molecule has 0 aliphatic heterocycles. The number of anilines is 1. The highest BCUT2D eigenvalue weighted by Gasteiger charge is 2.22. The molecular weight excluding hydrogens is 264 g/mol. The van der Waals surface area contributed by atoms with Gasteiger partial charge in [-0.1, -0.05) is 0 Å². The normalized spacial score (nSPS) is 12.0. The zero-order valence-electron chi connectivity index (χ0n) is 9.85. The highest BCUT2D eigenvalue weighted by atomic mass is 19.1. The molecule has 0 saturated carbocycles. The number of hydrogen-bond acceptors (Lipinski definition) is 5. The molecule has 0 aromatic heterocycles. The Morgan fingerprint density at radius 1 is 1.53 bits per heavy atom. The zero-order valence-corrected chi connectivity index (χ0v) is 9.85. The van der Waals surface area contributed by atoms with Crippen molar-refractivity contribution in [3.63, 3.8) is 0 Å². The van der Waals surface area contributed by atoms with Crippen LogP contribution in [0.4, 0.5) is 20.2 Å². The van der Waals surface area contributed by atoms with Crippen LogP contribution in [0, 0.1) is 21.7 Å². The van der Waals surface area contributed by atoms with Gasteiger partial charge in [-0.05, 0) is 0 Å². The lowest BCUT2D eigenvalue weighted by Gasteiger charge is -2.13. The Hall–Kier alpha value is -2.13. The number of methoxy groups -OCH3 is 1. The summed E-state index contributed by atoms with van der Waals surface area (Å²) in [4.78, 5) is 21.0. The predicted octanol–water partition coefficient (Wildman–Crippen LogP) is 0.785. The average Bonchev–Trinajstić information content (AvgIpc) is 2.33. The molecule has 0 spiro atoms. The standard InChI is InChI=1S/C10H11F2N3O4/c1-19-9(4-13)10(16)14-7-3-8(15(17)18)6(12)2-5(7)11/h2-3,9H,4,13H2,1H3,(H,14,16). The van der Waals surface area contributed by atoms with Gasteiger partial charge in [0.1, 0.15) is 11.9 Å². The summed E-state index contributed by atoms with van der Waals surface area (Å²) in [5.41, 5.74) is 3.76. The van der Waals surface area contributed by atoms with E-state index in [9.17, 15) is 23.7 Å². The number of rotatable bonds is 5. The number of carbonyl (C=O) groups is 1. The van der Waals surface area contributed by atoms with Crippen LogP contribution in [0.25, 0.3) is 0 Å². The number of carbonyl (C=O) groups excluding carboxylic acids is 1. The Bertz CT molecular complexity index is 506. The molecule has 1 aromatic rings. The number of nitrogens with one attached hydrogen (secondary N) is 1. The first-order valence-electron chi connectivity index (χ1n) is 5.07. The highest BCUT2D eigenvalue weighted by molar-refractivity contribution is 5.94. The number of nitrogens with two attached hydrogens (primary N) is 1. The molecule has 104 valence electrons. The fraction of sp³-hybridized carbons (Fsp3) is 0.300. The molecule has 0 fully saturated rings. The first kappa shape index (κ1) is 14.9. The van der Waals surface area contributed by atoms with Crippen LogP contribution >= 0.6 is 0 Å². The van der Waals surface area contributed by atoms with Crippen LogP contribution in [0.3, 0.4) is 0 Å². The monoisotopic (exact) mass is 275 g/mol. The number of benzene rings is 1. The molecule has 1 amide bonds. The van der Waals surface area contributed by atoms with E-state index in [2.05, 4.69) is 0 Å². The van der Waals surface area contributed by atoms with Crippen molar-refractivity contribution in [2.24, 2.45) is 5.73 Å². The lowest BCUT2D eigenvalue weighted by molar-refractivity contribution is -0.387. The van der Waals surface area contributed by atoms with Gasteiger partial charge in [0.15, 0.2) is 0 Å². The molecule has 0 radical (unpaired) electrons. The van der Waals surface area contributed by atoms with E-state index < -0.39 is 39.9 Å². The van der Waals surface area contributed by atoms with Crippen molar-refractivity contribution in [3.8, 4) is 0 Å². The SMILES string of the molecule is COC(CN)C(=O)Nc1cc([N+](=O)[O-])c(F)cc1F. The molecule has 0 aliphatic carbocycles. The zero-order chi connectivity index (χ0) is 14.6. The first-order chi connectivity index (χ1) is 8.90. The minimum absolute atomic E-state index is 0.159. The maximum atomic E-state index is 13.4. The first-order valence-corrected chi connectivity index (χ1v) is 5.07.